The molecule has 0 saturated heterocycles. The van der Waals surface area contributed by atoms with Gasteiger partial charge in [-0.25, -0.2) is 0 Å². The quantitative estimate of drug-likeness (QED) is 0.818. The van der Waals surface area contributed by atoms with Crippen molar-refractivity contribution in [1.82, 2.24) is 14.5 Å². The molecule has 0 spiro atoms. The third-order valence-electron chi connectivity index (χ3n) is 2.45. The first-order valence-electron chi connectivity index (χ1n) is 5.69. The highest BCUT2D eigenvalue weighted by atomic mass is 32.2. The topological polar surface area (TPSA) is 78.4 Å². The van der Waals surface area contributed by atoms with Crippen LogP contribution in [0.4, 0.5) is 11.6 Å². The summed E-state index contributed by atoms with van der Waals surface area (Å²) in [5.41, 5.74) is 0. The Labute approximate surface area is 108 Å². The minimum atomic E-state index is -3.53. The molecule has 7 nitrogen and oxygen atoms in total. The Morgan fingerprint density at radius 3 is 2.17 bits per heavy atom. The summed E-state index contributed by atoms with van der Waals surface area (Å²) >= 11 is 0. The molecular formula is C10H19N5O2S. The molecule has 0 radical (unpaired) electrons. The van der Waals surface area contributed by atoms with Crippen LogP contribution in [0.2, 0.25) is 0 Å². The van der Waals surface area contributed by atoms with Crippen LogP contribution in [0.15, 0.2) is 12.1 Å². The monoisotopic (exact) mass is 273 g/mol. The Hall–Kier alpha value is -1.41. The molecule has 0 unspecified atom stereocenters. The van der Waals surface area contributed by atoms with Crippen molar-refractivity contribution in [2.24, 2.45) is 0 Å². The van der Waals surface area contributed by atoms with Crippen LogP contribution in [0.1, 0.15) is 13.8 Å². The maximum Gasteiger partial charge on any atom is 0.302 e. The highest BCUT2D eigenvalue weighted by molar-refractivity contribution is 7.90. The molecule has 1 aromatic rings. The normalized spacial score (nSPS) is 11.6. The van der Waals surface area contributed by atoms with Crippen molar-refractivity contribution in [1.29, 1.82) is 0 Å². The predicted molar refractivity (Wildman–Crippen MR) is 71.8 cm³/mol. The standard InChI is InChI=1S/C10H19N5O2S/c1-5-15(6-2)10-8-7-9(11-12-10)13-18(16,17)14(3)4/h7-8H,5-6H2,1-4H3,(H,11,13). The lowest BCUT2D eigenvalue weighted by Gasteiger charge is -2.19. The number of hydrogen-bond acceptors (Lipinski definition) is 5. The van der Waals surface area contributed by atoms with E-state index in [1.807, 2.05) is 18.7 Å². The van der Waals surface area contributed by atoms with Crippen molar-refractivity contribution in [2.75, 3.05) is 36.8 Å². The Balaban J connectivity index is 2.84. The van der Waals surface area contributed by atoms with Crippen LogP contribution in [-0.4, -0.2) is 50.1 Å². The molecule has 102 valence electrons. The van der Waals surface area contributed by atoms with Crippen LogP contribution in [0.3, 0.4) is 0 Å². The molecule has 1 N–H and O–H groups in total. The van der Waals surface area contributed by atoms with E-state index < -0.39 is 10.2 Å². The lowest BCUT2D eigenvalue weighted by molar-refractivity contribution is 0.526. The zero-order chi connectivity index (χ0) is 13.8. The van der Waals surface area contributed by atoms with Crippen molar-refractivity contribution in [2.45, 2.75) is 13.8 Å². The fourth-order valence-electron chi connectivity index (χ4n) is 1.32. The predicted octanol–water partition coefficient (Wildman–Crippen LogP) is 0.541. The molecule has 18 heavy (non-hydrogen) atoms. The maximum atomic E-state index is 11.6. The van der Waals surface area contributed by atoms with Gasteiger partial charge >= 0.3 is 10.2 Å². The third kappa shape index (κ3) is 3.54. The Bertz CT molecular complexity index is 468. The molecule has 8 heteroatoms. The molecule has 0 aromatic carbocycles. The molecule has 1 heterocycles. The van der Waals surface area contributed by atoms with Gasteiger partial charge in [0.15, 0.2) is 11.6 Å². The van der Waals surface area contributed by atoms with Gasteiger partial charge in [-0.2, -0.15) is 12.7 Å². The molecule has 1 rings (SSSR count). The lowest BCUT2D eigenvalue weighted by atomic mass is 10.4. The minimum absolute atomic E-state index is 0.208. The maximum absolute atomic E-state index is 11.6. The second-order valence-electron chi connectivity index (χ2n) is 3.84. The number of nitrogens with one attached hydrogen (secondary N) is 1. The van der Waals surface area contributed by atoms with E-state index in [1.54, 1.807) is 12.1 Å². The van der Waals surface area contributed by atoms with Crippen molar-refractivity contribution in [3.8, 4) is 0 Å². The van der Waals surface area contributed by atoms with Gasteiger partial charge in [0.05, 0.1) is 0 Å². The fraction of sp³-hybridized carbons (Fsp3) is 0.600. The molecular weight excluding hydrogens is 254 g/mol. The summed E-state index contributed by atoms with van der Waals surface area (Å²) in [5.74, 6) is 0.937. The first-order chi connectivity index (χ1) is 8.40. The minimum Gasteiger partial charge on any atom is -0.356 e. The average Bonchev–Trinajstić information content (AvgIpc) is 2.32. The summed E-state index contributed by atoms with van der Waals surface area (Å²) < 4.78 is 26.5. The fourth-order valence-corrected chi connectivity index (χ4v) is 1.88. The number of aromatic nitrogens is 2. The Kier molecular flexibility index (Phi) is 4.85. The summed E-state index contributed by atoms with van der Waals surface area (Å²) in [4.78, 5) is 2.03. The molecule has 0 amide bonds. The van der Waals surface area contributed by atoms with Crippen LogP contribution in [0.25, 0.3) is 0 Å². The average molecular weight is 273 g/mol. The summed E-state index contributed by atoms with van der Waals surface area (Å²) in [5, 5.41) is 7.85. The van der Waals surface area contributed by atoms with Crippen LogP contribution < -0.4 is 9.62 Å². The largest absolute Gasteiger partial charge is 0.356 e. The summed E-state index contributed by atoms with van der Waals surface area (Å²) in [6, 6.07) is 3.34. The van der Waals surface area contributed by atoms with Gasteiger partial charge in [-0.05, 0) is 26.0 Å². The Morgan fingerprint density at radius 1 is 1.17 bits per heavy atom. The second kappa shape index (κ2) is 5.96. The SMILES string of the molecule is CCN(CC)c1ccc(NS(=O)(=O)N(C)C)nn1. The van der Waals surface area contributed by atoms with E-state index in [2.05, 4.69) is 14.9 Å². The lowest BCUT2D eigenvalue weighted by Crippen LogP contribution is -2.29. The summed E-state index contributed by atoms with van der Waals surface area (Å²) in [6.45, 7) is 5.70. The molecule has 0 bridgehead atoms. The van der Waals surface area contributed by atoms with Crippen LogP contribution in [-0.2, 0) is 10.2 Å². The molecule has 0 aliphatic rings. The molecule has 0 aliphatic carbocycles. The highest BCUT2D eigenvalue weighted by Crippen LogP contribution is 2.12. The van der Waals surface area contributed by atoms with Gasteiger partial charge in [0.25, 0.3) is 0 Å². The van der Waals surface area contributed by atoms with Gasteiger partial charge in [0.2, 0.25) is 0 Å². The van der Waals surface area contributed by atoms with E-state index in [9.17, 15) is 8.42 Å². The van der Waals surface area contributed by atoms with Crippen LogP contribution in [0.5, 0.6) is 0 Å². The van der Waals surface area contributed by atoms with E-state index in [-0.39, 0.29) is 5.82 Å². The van der Waals surface area contributed by atoms with E-state index in [1.165, 1.54) is 14.1 Å². The zero-order valence-corrected chi connectivity index (χ0v) is 11.9. The van der Waals surface area contributed by atoms with Gasteiger partial charge < -0.3 is 4.90 Å². The number of rotatable bonds is 6. The second-order valence-corrected chi connectivity index (χ2v) is 5.72. The zero-order valence-electron chi connectivity index (χ0n) is 11.1. The van der Waals surface area contributed by atoms with Gasteiger partial charge in [0, 0.05) is 27.2 Å². The van der Waals surface area contributed by atoms with Gasteiger partial charge in [-0.3, -0.25) is 4.72 Å². The van der Waals surface area contributed by atoms with Crippen molar-refractivity contribution in [3.63, 3.8) is 0 Å². The van der Waals surface area contributed by atoms with E-state index in [4.69, 9.17) is 0 Å². The van der Waals surface area contributed by atoms with Crippen LogP contribution in [0, 0.1) is 0 Å². The van der Waals surface area contributed by atoms with Crippen LogP contribution >= 0.6 is 0 Å². The summed E-state index contributed by atoms with van der Waals surface area (Å²) in [7, 11) is -0.639. The van der Waals surface area contributed by atoms with E-state index in [0.29, 0.717) is 0 Å². The number of anilines is 2. The molecule has 0 fully saturated rings. The highest BCUT2D eigenvalue weighted by Gasteiger charge is 2.14. The summed E-state index contributed by atoms with van der Waals surface area (Å²) in [6.07, 6.45) is 0. The van der Waals surface area contributed by atoms with Crippen molar-refractivity contribution >= 4 is 21.8 Å². The smallest absolute Gasteiger partial charge is 0.302 e. The van der Waals surface area contributed by atoms with Crippen molar-refractivity contribution in [3.05, 3.63) is 12.1 Å². The van der Waals surface area contributed by atoms with Crippen molar-refractivity contribution < 1.29 is 8.42 Å². The molecule has 0 aliphatic heterocycles. The first-order valence-corrected chi connectivity index (χ1v) is 7.13. The van der Waals surface area contributed by atoms with Gasteiger partial charge in [0.1, 0.15) is 0 Å². The van der Waals surface area contributed by atoms with E-state index in [0.717, 1.165) is 23.2 Å². The number of nitrogens with zero attached hydrogens (tertiary/aromatic N) is 4. The van der Waals surface area contributed by atoms with Gasteiger partial charge in [-0.15, -0.1) is 10.2 Å². The van der Waals surface area contributed by atoms with Gasteiger partial charge in [-0.1, -0.05) is 0 Å². The molecule has 1 aromatic heterocycles. The molecule has 0 saturated carbocycles. The first kappa shape index (κ1) is 14.7. The molecule has 0 atom stereocenters. The Morgan fingerprint density at radius 2 is 1.78 bits per heavy atom. The number of hydrogen-bond donors (Lipinski definition) is 1. The van der Waals surface area contributed by atoms with E-state index >= 15 is 0 Å². The third-order valence-corrected chi connectivity index (χ3v) is 3.88.